The van der Waals surface area contributed by atoms with Crippen molar-refractivity contribution in [2.75, 3.05) is 29.9 Å². The lowest BCUT2D eigenvalue weighted by Crippen LogP contribution is -2.32. The number of nitrogens with one attached hydrogen (secondary N) is 1. The van der Waals surface area contributed by atoms with E-state index in [1.807, 2.05) is 23.9 Å². The number of carbonyl (C=O) groups is 1. The van der Waals surface area contributed by atoms with Crippen LogP contribution >= 0.6 is 11.8 Å². The molecule has 1 saturated carbocycles. The predicted octanol–water partition coefficient (Wildman–Crippen LogP) is 2.69. The molecular formula is C18H27N3OS. The molecule has 2 aliphatic rings. The van der Waals surface area contributed by atoms with Gasteiger partial charge in [0.05, 0.1) is 0 Å². The van der Waals surface area contributed by atoms with Crippen molar-refractivity contribution in [2.24, 2.45) is 11.7 Å². The Morgan fingerprint density at radius 1 is 1.30 bits per heavy atom. The quantitative estimate of drug-likeness (QED) is 0.870. The van der Waals surface area contributed by atoms with E-state index in [2.05, 4.69) is 22.3 Å². The molecule has 2 atom stereocenters. The SMILES string of the molecule is N[C@@H]1CCC[C@H]1CC(=O)Nc1cccc(CN2CCSCC2)c1. The van der Waals surface area contributed by atoms with Crippen LogP contribution < -0.4 is 11.1 Å². The van der Waals surface area contributed by atoms with Gasteiger partial charge in [0.15, 0.2) is 0 Å². The Morgan fingerprint density at radius 2 is 2.13 bits per heavy atom. The molecule has 1 heterocycles. The molecular weight excluding hydrogens is 306 g/mol. The van der Waals surface area contributed by atoms with Crippen LogP contribution in [0, 0.1) is 5.92 Å². The van der Waals surface area contributed by atoms with Crippen LogP contribution in [0.4, 0.5) is 5.69 Å². The number of benzene rings is 1. The second kappa shape index (κ2) is 8.18. The van der Waals surface area contributed by atoms with E-state index in [9.17, 15) is 4.79 Å². The second-order valence-corrected chi connectivity index (χ2v) is 7.92. The van der Waals surface area contributed by atoms with Crippen LogP contribution in [0.3, 0.4) is 0 Å². The Bertz CT molecular complexity index is 531. The summed E-state index contributed by atoms with van der Waals surface area (Å²) in [6.45, 7) is 3.28. The van der Waals surface area contributed by atoms with Gasteiger partial charge in [-0.25, -0.2) is 0 Å². The first-order valence-electron chi connectivity index (χ1n) is 8.65. The molecule has 3 N–H and O–H groups in total. The summed E-state index contributed by atoms with van der Waals surface area (Å²) >= 11 is 2.03. The highest BCUT2D eigenvalue weighted by atomic mass is 32.2. The Labute approximate surface area is 143 Å². The lowest BCUT2D eigenvalue weighted by Gasteiger charge is -2.26. The normalized spacial score (nSPS) is 25.4. The number of carbonyl (C=O) groups excluding carboxylic acids is 1. The van der Waals surface area contributed by atoms with Crippen LogP contribution in [0.25, 0.3) is 0 Å². The summed E-state index contributed by atoms with van der Waals surface area (Å²) in [5.74, 6) is 2.89. The number of hydrogen-bond acceptors (Lipinski definition) is 4. The van der Waals surface area contributed by atoms with Crippen molar-refractivity contribution >= 4 is 23.4 Å². The van der Waals surface area contributed by atoms with Crippen molar-refractivity contribution in [2.45, 2.75) is 38.3 Å². The maximum absolute atomic E-state index is 12.2. The van der Waals surface area contributed by atoms with E-state index in [4.69, 9.17) is 5.73 Å². The summed E-state index contributed by atoms with van der Waals surface area (Å²) in [4.78, 5) is 14.7. The summed E-state index contributed by atoms with van der Waals surface area (Å²) in [6, 6.07) is 8.45. The minimum atomic E-state index is 0.0962. The smallest absolute Gasteiger partial charge is 0.224 e. The Kier molecular flexibility index (Phi) is 5.97. The van der Waals surface area contributed by atoms with Gasteiger partial charge in [0.25, 0.3) is 0 Å². The van der Waals surface area contributed by atoms with Crippen LogP contribution in [0.2, 0.25) is 0 Å². The van der Waals surface area contributed by atoms with E-state index < -0.39 is 0 Å². The van der Waals surface area contributed by atoms with Gasteiger partial charge < -0.3 is 11.1 Å². The molecule has 1 aromatic carbocycles. The highest BCUT2D eigenvalue weighted by molar-refractivity contribution is 7.99. The number of hydrogen-bond donors (Lipinski definition) is 2. The van der Waals surface area contributed by atoms with Crippen molar-refractivity contribution in [1.82, 2.24) is 4.90 Å². The standard InChI is InChI=1S/C18H27N3OS/c19-17-6-2-4-15(17)12-18(22)20-16-5-1-3-14(11-16)13-21-7-9-23-10-8-21/h1,3,5,11,15,17H,2,4,6-10,12-13,19H2,(H,20,22)/t15-,17+/m0/s1. The zero-order valence-electron chi connectivity index (χ0n) is 13.7. The topological polar surface area (TPSA) is 58.4 Å². The van der Waals surface area contributed by atoms with Gasteiger partial charge in [0.1, 0.15) is 0 Å². The van der Waals surface area contributed by atoms with Crippen molar-refractivity contribution in [1.29, 1.82) is 0 Å². The third-order valence-corrected chi connectivity index (χ3v) is 5.83. The fourth-order valence-corrected chi connectivity index (χ4v) is 4.51. The molecule has 0 unspecified atom stereocenters. The zero-order chi connectivity index (χ0) is 16.1. The van der Waals surface area contributed by atoms with Crippen LogP contribution in [-0.4, -0.2) is 41.4 Å². The summed E-state index contributed by atoms with van der Waals surface area (Å²) in [5, 5.41) is 3.05. The Hall–Kier alpha value is -1.04. The second-order valence-electron chi connectivity index (χ2n) is 6.70. The molecule has 23 heavy (non-hydrogen) atoms. The zero-order valence-corrected chi connectivity index (χ0v) is 14.5. The Morgan fingerprint density at radius 3 is 2.87 bits per heavy atom. The summed E-state index contributed by atoms with van der Waals surface area (Å²) in [7, 11) is 0. The molecule has 1 aromatic rings. The van der Waals surface area contributed by atoms with Gasteiger partial charge >= 0.3 is 0 Å². The number of thioether (sulfide) groups is 1. The number of nitrogens with zero attached hydrogens (tertiary/aromatic N) is 1. The van der Waals surface area contributed by atoms with Crippen molar-refractivity contribution < 1.29 is 4.79 Å². The van der Waals surface area contributed by atoms with E-state index in [-0.39, 0.29) is 11.9 Å². The molecule has 1 saturated heterocycles. The van der Waals surface area contributed by atoms with Gasteiger partial charge in [-0.2, -0.15) is 11.8 Å². The lowest BCUT2D eigenvalue weighted by atomic mass is 10.00. The first kappa shape index (κ1) is 16.8. The van der Waals surface area contributed by atoms with Crippen LogP contribution in [0.1, 0.15) is 31.2 Å². The average molecular weight is 334 g/mol. The van der Waals surface area contributed by atoms with Gasteiger partial charge in [-0.3, -0.25) is 9.69 Å². The van der Waals surface area contributed by atoms with Crippen LogP contribution in [-0.2, 0) is 11.3 Å². The lowest BCUT2D eigenvalue weighted by molar-refractivity contribution is -0.117. The summed E-state index contributed by atoms with van der Waals surface area (Å²) < 4.78 is 0. The third kappa shape index (κ3) is 4.96. The van der Waals surface area contributed by atoms with Gasteiger partial charge in [-0.15, -0.1) is 0 Å². The molecule has 3 rings (SSSR count). The minimum Gasteiger partial charge on any atom is -0.327 e. The number of nitrogens with two attached hydrogens (primary N) is 1. The summed E-state index contributed by atoms with van der Waals surface area (Å²) in [5.41, 5.74) is 8.24. The van der Waals surface area contributed by atoms with E-state index in [1.165, 1.54) is 17.1 Å². The minimum absolute atomic E-state index is 0.0962. The predicted molar refractivity (Wildman–Crippen MR) is 97.6 cm³/mol. The highest BCUT2D eigenvalue weighted by Gasteiger charge is 2.26. The third-order valence-electron chi connectivity index (χ3n) is 4.89. The largest absolute Gasteiger partial charge is 0.327 e. The van der Waals surface area contributed by atoms with Crippen molar-refractivity contribution in [3.05, 3.63) is 29.8 Å². The maximum atomic E-state index is 12.2. The first-order valence-corrected chi connectivity index (χ1v) is 9.80. The van der Waals surface area contributed by atoms with Gasteiger partial charge in [0.2, 0.25) is 5.91 Å². The molecule has 2 fully saturated rings. The molecule has 1 amide bonds. The molecule has 0 bridgehead atoms. The maximum Gasteiger partial charge on any atom is 0.224 e. The number of amides is 1. The van der Waals surface area contributed by atoms with Gasteiger partial charge in [-0.05, 0) is 36.5 Å². The van der Waals surface area contributed by atoms with Gasteiger partial charge in [-0.1, -0.05) is 18.6 Å². The first-order chi connectivity index (χ1) is 11.2. The fourth-order valence-electron chi connectivity index (χ4n) is 3.53. The van der Waals surface area contributed by atoms with E-state index >= 15 is 0 Å². The molecule has 1 aliphatic carbocycles. The molecule has 5 heteroatoms. The fraction of sp³-hybridized carbons (Fsp3) is 0.611. The van der Waals surface area contributed by atoms with Crippen LogP contribution in [0.15, 0.2) is 24.3 Å². The Balaban J connectivity index is 1.53. The molecule has 126 valence electrons. The molecule has 4 nitrogen and oxygen atoms in total. The van der Waals surface area contributed by atoms with Gasteiger partial charge in [0, 0.05) is 49.3 Å². The van der Waals surface area contributed by atoms with Crippen molar-refractivity contribution in [3.63, 3.8) is 0 Å². The highest BCUT2D eigenvalue weighted by Crippen LogP contribution is 2.27. The summed E-state index contributed by atoms with van der Waals surface area (Å²) in [6.07, 6.45) is 3.85. The molecule has 0 spiro atoms. The molecule has 0 radical (unpaired) electrons. The van der Waals surface area contributed by atoms with E-state index in [1.54, 1.807) is 0 Å². The monoisotopic (exact) mass is 333 g/mol. The average Bonchev–Trinajstić information content (AvgIpc) is 2.93. The molecule has 1 aliphatic heterocycles. The van der Waals surface area contributed by atoms with E-state index in [0.717, 1.165) is 44.6 Å². The number of anilines is 1. The van der Waals surface area contributed by atoms with Crippen LogP contribution in [0.5, 0.6) is 0 Å². The number of rotatable bonds is 5. The molecule has 0 aromatic heterocycles. The van der Waals surface area contributed by atoms with E-state index in [0.29, 0.717) is 12.3 Å². The van der Waals surface area contributed by atoms with Crippen molar-refractivity contribution in [3.8, 4) is 0 Å².